The SMILES string of the molecule is NC[C@H]1CC[C@H](C(=O)NC(Cc2ccccc2)c2nc(-c3cccc(Br)c3)c[nH]2)CC1. The van der Waals surface area contributed by atoms with Crippen molar-refractivity contribution in [1.82, 2.24) is 15.3 Å². The first-order chi connectivity index (χ1) is 15.1. The lowest BCUT2D eigenvalue weighted by atomic mass is 9.81. The number of carbonyl (C=O) groups is 1. The van der Waals surface area contributed by atoms with Gasteiger partial charge in [-0.1, -0.05) is 58.4 Å². The van der Waals surface area contributed by atoms with Crippen LogP contribution in [0.3, 0.4) is 0 Å². The summed E-state index contributed by atoms with van der Waals surface area (Å²) in [7, 11) is 0. The molecule has 6 heteroatoms. The van der Waals surface area contributed by atoms with Crippen LogP contribution in [0.25, 0.3) is 11.3 Å². The Kier molecular flexibility index (Phi) is 7.20. The van der Waals surface area contributed by atoms with Gasteiger partial charge < -0.3 is 16.0 Å². The summed E-state index contributed by atoms with van der Waals surface area (Å²) < 4.78 is 1.01. The van der Waals surface area contributed by atoms with Crippen LogP contribution in [-0.4, -0.2) is 22.4 Å². The van der Waals surface area contributed by atoms with Gasteiger partial charge in [0.05, 0.1) is 11.7 Å². The van der Waals surface area contributed by atoms with E-state index in [1.165, 1.54) is 5.56 Å². The summed E-state index contributed by atoms with van der Waals surface area (Å²) in [5.74, 6) is 1.52. The molecule has 2 aromatic carbocycles. The van der Waals surface area contributed by atoms with E-state index in [0.29, 0.717) is 12.3 Å². The van der Waals surface area contributed by atoms with Crippen molar-refractivity contribution in [2.24, 2.45) is 17.6 Å². The maximum atomic E-state index is 13.1. The number of rotatable bonds is 7. The second kappa shape index (κ2) is 10.2. The molecule has 1 amide bonds. The molecule has 1 atom stereocenters. The maximum Gasteiger partial charge on any atom is 0.223 e. The number of nitrogens with one attached hydrogen (secondary N) is 2. The first-order valence-electron chi connectivity index (χ1n) is 11.0. The van der Waals surface area contributed by atoms with Crippen LogP contribution in [0, 0.1) is 11.8 Å². The molecule has 1 aromatic heterocycles. The maximum absolute atomic E-state index is 13.1. The van der Waals surface area contributed by atoms with Gasteiger partial charge in [0, 0.05) is 22.2 Å². The first-order valence-corrected chi connectivity index (χ1v) is 11.8. The monoisotopic (exact) mass is 480 g/mol. The predicted octanol–water partition coefficient (Wildman–Crippen LogP) is 5.00. The Hall–Kier alpha value is -2.44. The van der Waals surface area contributed by atoms with Gasteiger partial charge in [-0.05, 0) is 62.3 Å². The summed E-state index contributed by atoms with van der Waals surface area (Å²) in [6, 6.07) is 18.1. The number of halogens is 1. The Bertz CT molecular complexity index is 996. The van der Waals surface area contributed by atoms with Crippen LogP contribution in [0.1, 0.15) is 43.1 Å². The number of hydrogen-bond acceptors (Lipinski definition) is 3. The lowest BCUT2D eigenvalue weighted by Crippen LogP contribution is -2.37. The Morgan fingerprint density at radius 2 is 1.90 bits per heavy atom. The van der Waals surface area contributed by atoms with Crippen LogP contribution in [-0.2, 0) is 11.2 Å². The van der Waals surface area contributed by atoms with Crippen LogP contribution in [0.15, 0.2) is 65.3 Å². The highest BCUT2D eigenvalue weighted by Gasteiger charge is 2.28. The van der Waals surface area contributed by atoms with E-state index in [1.54, 1.807) is 0 Å². The molecule has 1 fully saturated rings. The molecule has 4 N–H and O–H groups in total. The minimum atomic E-state index is -0.206. The van der Waals surface area contributed by atoms with E-state index in [4.69, 9.17) is 10.7 Å². The second-order valence-corrected chi connectivity index (χ2v) is 9.30. The summed E-state index contributed by atoms with van der Waals surface area (Å²) in [6.07, 6.45) is 6.49. The molecule has 4 rings (SSSR count). The Labute approximate surface area is 192 Å². The fourth-order valence-corrected chi connectivity index (χ4v) is 4.73. The molecule has 1 heterocycles. The van der Waals surface area contributed by atoms with Gasteiger partial charge in [-0.15, -0.1) is 0 Å². The van der Waals surface area contributed by atoms with Crippen LogP contribution in [0.5, 0.6) is 0 Å². The number of nitrogens with zero attached hydrogens (tertiary/aromatic N) is 1. The number of nitrogens with two attached hydrogens (primary N) is 1. The summed E-state index contributed by atoms with van der Waals surface area (Å²) in [5.41, 5.74) is 8.87. The molecule has 1 unspecified atom stereocenters. The van der Waals surface area contributed by atoms with Gasteiger partial charge in [0.1, 0.15) is 5.82 Å². The normalized spacial score (nSPS) is 19.7. The Balaban J connectivity index is 1.53. The average molecular weight is 481 g/mol. The number of aromatic nitrogens is 2. The molecule has 0 spiro atoms. The van der Waals surface area contributed by atoms with Crippen molar-refractivity contribution < 1.29 is 4.79 Å². The molecule has 0 bridgehead atoms. The average Bonchev–Trinajstić information content (AvgIpc) is 3.30. The molecule has 0 radical (unpaired) electrons. The lowest BCUT2D eigenvalue weighted by molar-refractivity contribution is -0.127. The summed E-state index contributed by atoms with van der Waals surface area (Å²) >= 11 is 3.52. The zero-order chi connectivity index (χ0) is 21.6. The highest BCUT2D eigenvalue weighted by atomic mass is 79.9. The van der Waals surface area contributed by atoms with Gasteiger partial charge in [0.15, 0.2) is 0 Å². The zero-order valence-electron chi connectivity index (χ0n) is 17.6. The van der Waals surface area contributed by atoms with E-state index in [-0.39, 0.29) is 17.9 Å². The Morgan fingerprint density at radius 3 is 2.61 bits per heavy atom. The highest BCUT2D eigenvalue weighted by molar-refractivity contribution is 9.10. The number of benzene rings is 2. The molecule has 3 aromatic rings. The summed E-state index contributed by atoms with van der Waals surface area (Å²) in [6.45, 7) is 0.718. The number of amides is 1. The molecule has 0 saturated heterocycles. The molecule has 1 saturated carbocycles. The van der Waals surface area contributed by atoms with E-state index in [0.717, 1.165) is 53.8 Å². The van der Waals surface area contributed by atoms with Crippen LogP contribution >= 0.6 is 15.9 Å². The van der Waals surface area contributed by atoms with Crippen LogP contribution < -0.4 is 11.1 Å². The number of imidazole rings is 1. The topological polar surface area (TPSA) is 83.8 Å². The predicted molar refractivity (Wildman–Crippen MR) is 127 cm³/mol. The fraction of sp³-hybridized carbons (Fsp3) is 0.360. The van der Waals surface area contributed by atoms with Crippen molar-refractivity contribution in [3.05, 3.63) is 76.7 Å². The van der Waals surface area contributed by atoms with Crippen molar-refractivity contribution >= 4 is 21.8 Å². The van der Waals surface area contributed by atoms with Gasteiger partial charge in [-0.25, -0.2) is 4.98 Å². The molecular weight excluding hydrogens is 452 g/mol. The number of H-pyrrole nitrogens is 1. The third kappa shape index (κ3) is 5.63. The van der Waals surface area contributed by atoms with Gasteiger partial charge >= 0.3 is 0 Å². The molecule has 1 aliphatic rings. The molecule has 0 aliphatic heterocycles. The fourth-order valence-electron chi connectivity index (χ4n) is 4.33. The van der Waals surface area contributed by atoms with Crippen molar-refractivity contribution in [2.75, 3.05) is 6.54 Å². The standard InChI is InChI=1S/C25H29BrN4O/c26-21-8-4-7-20(14-21)23-16-28-24(29-23)22(13-17-5-2-1-3-6-17)30-25(31)19-11-9-18(15-27)10-12-19/h1-8,14,16,18-19,22H,9-13,15,27H2,(H,28,29)(H,30,31)/t18-,19-,22?. The minimum absolute atomic E-state index is 0.0561. The quantitative estimate of drug-likeness (QED) is 0.444. The first kappa shape index (κ1) is 21.8. The molecule has 1 aliphatic carbocycles. The van der Waals surface area contributed by atoms with Gasteiger partial charge in [-0.2, -0.15) is 0 Å². The largest absolute Gasteiger partial charge is 0.346 e. The molecular formula is C25H29BrN4O. The second-order valence-electron chi connectivity index (χ2n) is 8.39. The van der Waals surface area contributed by atoms with E-state index in [2.05, 4.69) is 38.4 Å². The zero-order valence-corrected chi connectivity index (χ0v) is 19.1. The Morgan fingerprint density at radius 1 is 1.13 bits per heavy atom. The van der Waals surface area contributed by atoms with Crippen LogP contribution in [0.2, 0.25) is 0 Å². The molecule has 5 nitrogen and oxygen atoms in total. The molecule has 162 valence electrons. The van der Waals surface area contributed by atoms with Gasteiger partial charge in [-0.3, -0.25) is 4.79 Å². The highest BCUT2D eigenvalue weighted by Crippen LogP contribution is 2.29. The van der Waals surface area contributed by atoms with E-state index < -0.39 is 0 Å². The lowest BCUT2D eigenvalue weighted by Gasteiger charge is -2.28. The third-order valence-corrected chi connectivity index (χ3v) is 6.69. The van der Waals surface area contributed by atoms with Gasteiger partial charge in [0.25, 0.3) is 0 Å². The van der Waals surface area contributed by atoms with E-state index in [9.17, 15) is 4.79 Å². The van der Waals surface area contributed by atoms with Crippen molar-refractivity contribution in [1.29, 1.82) is 0 Å². The van der Waals surface area contributed by atoms with Crippen LogP contribution in [0.4, 0.5) is 0 Å². The third-order valence-electron chi connectivity index (χ3n) is 6.20. The van der Waals surface area contributed by atoms with Crippen molar-refractivity contribution in [3.63, 3.8) is 0 Å². The van der Waals surface area contributed by atoms with E-state index >= 15 is 0 Å². The number of aromatic amines is 1. The van der Waals surface area contributed by atoms with Gasteiger partial charge in [0.2, 0.25) is 5.91 Å². The number of carbonyl (C=O) groups excluding carboxylic acids is 1. The summed E-state index contributed by atoms with van der Waals surface area (Å²) in [5, 5.41) is 3.29. The number of hydrogen-bond donors (Lipinski definition) is 3. The summed E-state index contributed by atoms with van der Waals surface area (Å²) in [4.78, 5) is 21.2. The van der Waals surface area contributed by atoms with Crippen molar-refractivity contribution in [3.8, 4) is 11.3 Å². The molecule has 31 heavy (non-hydrogen) atoms. The van der Waals surface area contributed by atoms with E-state index in [1.807, 2.05) is 48.7 Å². The minimum Gasteiger partial charge on any atom is -0.346 e. The van der Waals surface area contributed by atoms with Crippen molar-refractivity contribution in [2.45, 2.75) is 38.1 Å². The smallest absolute Gasteiger partial charge is 0.223 e.